The molecule has 2 atom stereocenters. The third-order valence-corrected chi connectivity index (χ3v) is 2.93. The Morgan fingerprint density at radius 3 is 2.46 bits per heavy atom. The molecule has 0 saturated heterocycles. The summed E-state index contributed by atoms with van der Waals surface area (Å²) in [4.78, 5) is 10.9. The van der Waals surface area contributed by atoms with Gasteiger partial charge in [0.15, 0.2) is 0 Å². The molecule has 0 aromatic heterocycles. The van der Waals surface area contributed by atoms with Gasteiger partial charge in [0.05, 0.1) is 6.61 Å². The minimum absolute atomic E-state index is 0.0513. The van der Waals surface area contributed by atoms with Crippen molar-refractivity contribution in [1.29, 1.82) is 0 Å². The Balaban J connectivity index is 3.78. The molecule has 0 amide bonds. The quantitative estimate of drug-likeness (QED) is 0.492. The van der Waals surface area contributed by atoms with Crippen molar-refractivity contribution >= 4 is 13.8 Å². The van der Waals surface area contributed by atoms with E-state index in [2.05, 4.69) is 4.74 Å². The lowest BCUT2D eigenvalue weighted by Gasteiger charge is -2.00. The predicted molar refractivity (Wildman–Crippen MR) is 50.2 cm³/mol. The summed E-state index contributed by atoms with van der Waals surface area (Å²) in [5, 5.41) is 0. The van der Waals surface area contributed by atoms with Crippen LogP contribution < -0.4 is 0 Å². The Morgan fingerprint density at radius 1 is 1.38 bits per heavy atom. The van der Waals surface area contributed by atoms with E-state index in [0.717, 1.165) is 0 Å². The molecular weight excluding hydrogens is 191 g/mol. The zero-order valence-electron chi connectivity index (χ0n) is 8.28. The summed E-state index contributed by atoms with van der Waals surface area (Å²) in [6, 6.07) is 0. The van der Waals surface area contributed by atoms with Gasteiger partial charge in [0.1, 0.15) is 0 Å². The van der Waals surface area contributed by atoms with Gasteiger partial charge < -0.3 is 9.47 Å². The molecule has 0 spiro atoms. The molecule has 0 aromatic rings. The van der Waals surface area contributed by atoms with Gasteiger partial charge in [-0.25, -0.2) is 4.79 Å². The van der Waals surface area contributed by atoms with Crippen LogP contribution >= 0.6 is 7.80 Å². The highest BCUT2D eigenvalue weighted by Gasteiger charge is 2.29. The van der Waals surface area contributed by atoms with Gasteiger partial charge in [-0.1, -0.05) is 4.57 Å². The topological polar surface area (TPSA) is 52.6 Å². The van der Waals surface area contributed by atoms with Crippen LogP contribution in [-0.4, -0.2) is 31.2 Å². The average molecular weight is 207 g/mol. The molecular formula is C8H16O4P+. The van der Waals surface area contributed by atoms with Crippen LogP contribution in [0.1, 0.15) is 20.8 Å². The van der Waals surface area contributed by atoms with Gasteiger partial charge in [-0.2, -0.15) is 0 Å². The Bertz CT molecular complexity index is 181. The van der Waals surface area contributed by atoms with E-state index in [0.29, 0.717) is 13.2 Å². The lowest BCUT2D eigenvalue weighted by Crippen LogP contribution is -2.11. The van der Waals surface area contributed by atoms with Crippen LogP contribution in [0.5, 0.6) is 0 Å². The SMILES string of the molecule is CCOC(=O)C[P+](=O)C(C)OCC. The van der Waals surface area contributed by atoms with Gasteiger partial charge in [-0.05, 0) is 13.8 Å². The van der Waals surface area contributed by atoms with E-state index in [4.69, 9.17) is 4.74 Å². The molecule has 4 nitrogen and oxygen atoms in total. The van der Waals surface area contributed by atoms with Crippen molar-refractivity contribution in [2.24, 2.45) is 0 Å². The molecule has 0 aliphatic rings. The van der Waals surface area contributed by atoms with Crippen LogP contribution in [0.25, 0.3) is 0 Å². The van der Waals surface area contributed by atoms with Crippen LogP contribution in [-0.2, 0) is 18.8 Å². The Morgan fingerprint density at radius 2 is 2.00 bits per heavy atom. The van der Waals surface area contributed by atoms with Crippen molar-refractivity contribution in [2.75, 3.05) is 19.4 Å². The summed E-state index contributed by atoms with van der Waals surface area (Å²) in [6.07, 6.45) is -0.0513. The summed E-state index contributed by atoms with van der Waals surface area (Å²) in [5.41, 5.74) is 0. The summed E-state index contributed by atoms with van der Waals surface area (Å²) in [7, 11) is -1.65. The number of ether oxygens (including phenoxy) is 2. The number of rotatable bonds is 6. The maximum absolute atomic E-state index is 11.3. The van der Waals surface area contributed by atoms with Gasteiger partial charge >= 0.3 is 13.8 Å². The fraction of sp³-hybridized carbons (Fsp3) is 0.875. The van der Waals surface area contributed by atoms with E-state index in [9.17, 15) is 9.36 Å². The zero-order valence-corrected chi connectivity index (χ0v) is 9.17. The van der Waals surface area contributed by atoms with Gasteiger partial charge in [0.25, 0.3) is 5.85 Å². The molecule has 0 saturated carbocycles. The molecule has 0 N–H and O–H groups in total. The zero-order chi connectivity index (χ0) is 10.3. The largest absolute Gasteiger partial charge is 0.463 e. The maximum atomic E-state index is 11.3. The molecule has 0 rings (SSSR count). The molecule has 2 unspecified atom stereocenters. The summed E-state index contributed by atoms with van der Waals surface area (Å²) >= 11 is 0. The van der Waals surface area contributed by atoms with Gasteiger partial charge in [-0.15, -0.1) is 0 Å². The number of esters is 1. The van der Waals surface area contributed by atoms with Crippen LogP contribution in [0.4, 0.5) is 0 Å². The number of carbonyl (C=O) groups excluding carboxylic acids is 1. The minimum atomic E-state index is -1.65. The Labute approximate surface area is 79.4 Å². The smallest absolute Gasteiger partial charge is 0.381 e. The van der Waals surface area contributed by atoms with Crippen LogP contribution in [0.3, 0.4) is 0 Å². The molecule has 0 heterocycles. The van der Waals surface area contributed by atoms with Crippen LogP contribution in [0, 0.1) is 0 Å². The van der Waals surface area contributed by atoms with Crippen molar-refractivity contribution in [3.63, 3.8) is 0 Å². The number of hydrogen-bond acceptors (Lipinski definition) is 4. The lowest BCUT2D eigenvalue weighted by atomic mass is 10.8. The van der Waals surface area contributed by atoms with Crippen molar-refractivity contribution in [3.8, 4) is 0 Å². The van der Waals surface area contributed by atoms with Gasteiger partial charge in [0, 0.05) is 13.5 Å². The fourth-order valence-electron chi connectivity index (χ4n) is 0.787. The van der Waals surface area contributed by atoms with E-state index >= 15 is 0 Å². The summed E-state index contributed by atoms with van der Waals surface area (Å²) in [5.74, 6) is -0.792. The first-order valence-electron chi connectivity index (χ1n) is 4.32. The van der Waals surface area contributed by atoms with E-state index in [1.165, 1.54) is 0 Å². The highest BCUT2D eigenvalue weighted by Crippen LogP contribution is 2.28. The molecule has 5 heteroatoms. The molecule has 0 aliphatic heterocycles. The standard InChI is InChI=1S/C8H16O4P/c1-4-11-7(3)13(10)6-8(9)12-5-2/h7H,4-6H2,1-3H3/q+1. The monoisotopic (exact) mass is 207 g/mol. The second-order valence-electron chi connectivity index (χ2n) is 2.43. The third kappa shape index (κ3) is 5.72. The van der Waals surface area contributed by atoms with E-state index in [1.807, 2.05) is 6.92 Å². The number of carbonyl (C=O) groups is 1. The minimum Gasteiger partial charge on any atom is -0.463 e. The van der Waals surface area contributed by atoms with Crippen LogP contribution in [0.2, 0.25) is 0 Å². The molecule has 0 aromatic carbocycles. The molecule has 0 bridgehead atoms. The van der Waals surface area contributed by atoms with Crippen molar-refractivity contribution in [3.05, 3.63) is 0 Å². The molecule has 0 fully saturated rings. The average Bonchev–Trinajstić information content (AvgIpc) is 2.05. The second kappa shape index (κ2) is 6.98. The number of hydrogen-bond donors (Lipinski definition) is 0. The first-order chi connectivity index (χ1) is 6.11. The van der Waals surface area contributed by atoms with Crippen molar-refractivity contribution in [1.82, 2.24) is 0 Å². The molecule has 0 radical (unpaired) electrons. The third-order valence-electron chi connectivity index (χ3n) is 1.40. The van der Waals surface area contributed by atoms with E-state index in [-0.39, 0.29) is 12.0 Å². The Hall–Kier alpha value is -0.470. The first-order valence-corrected chi connectivity index (χ1v) is 5.84. The molecule has 76 valence electrons. The fourth-order valence-corrected chi connectivity index (χ4v) is 1.70. The Kier molecular flexibility index (Phi) is 6.73. The normalized spacial score (nSPS) is 13.6. The van der Waals surface area contributed by atoms with Crippen molar-refractivity contribution in [2.45, 2.75) is 26.6 Å². The van der Waals surface area contributed by atoms with E-state index in [1.54, 1.807) is 13.8 Å². The first kappa shape index (κ1) is 12.5. The lowest BCUT2D eigenvalue weighted by molar-refractivity contribution is -0.140. The van der Waals surface area contributed by atoms with Crippen LogP contribution in [0.15, 0.2) is 0 Å². The highest BCUT2D eigenvalue weighted by atomic mass is 31.1. The highest BCUT2D eigenvalue weighted by molar-refractivity contribution is 7.46. The van der Waals surface area contributed by atoms with Crippen molar-refractivity contribution < 1.29 is 18.8 Å². The van der Waals surface area contributed by atoms with E-state index < -0.39 is 13.8 Å². The molecule has 13 heavy (non-hydrogen) atoms. The second-order valence-corrected chi connectivity index (χ2v) is 4.31. The summed E-state index contributed by atoms with van der Waals surface area (Å²) < 4.78 is 21.1. The van der Waals surface area contributed by atoms with Gasteiger partial charge in [0.2, 0.25) is 6.16 Å². The predicted octanol–water partition coefficient (Wildman–Crippen LogP) is 1.76. The summed E-state index contributed by atoms with van der Waals surface area (Å²) in [6.45, 7) is 6.07. The molecule has 0 aliphatic carbocycles. The maximum Gasteiger partial charge on any atom is 0.381 e. The van der Waals surface area contributed by atoms with Gasteiger partial charge in [-0.3, -0.25) is 0 Å².